The van der Waals surface area contributed by atoms with Crippen molar-refractivity contribution in [3.05, 3.63) is 59.9 Å². The molecule has 0 saturated heterocycles. The molecule has 1 amide bonds. The average molecular weight is 429 g/mol. The highest BCUT2D eigenvalue weighted by Crippen LogP contribution is 2.50. The molecule has 0 atom stereocenters. The van der Waals surface area contributed by atoms with E-state index in [2.05, 4.69) is 5.32 Å². The van der Waals surface area contributed by atoms with Gasteiger partial charge in [-0.15, -0.1) is 0 Å². The molecule has 1 aliphatic carbocycles. The Morgan fingerprint density at radius 3 is 2.23 bits per heavy atom. The van der Waals surface area contributed by atoms with Crippen LogP contribution in [0, 0.1) is 11.2 Å². The number of carboxylic acid groups (broad SMARTS) is 1. The molecule has 0 unspecified atom stereocenters. The molecule has 0 radical (unpaired) electrons. The molecule has 1 saturated carbocycles. The quantitative estimate of drug-likeness (QED) is 0.641. The van der Waals surface area contributed by atoms with Gasteiger partial charge in [-0.05, 0) is 57.2 Å². The van der Waals surface area contributed by atoms with Crippen molar-refractivity contribution < 1.29 is 28.9 Å². The number of hydrogen-bond acceptors (Lipinski definition) is 4. The third-order valence-corrected chi connectivity index (χ3v) is 5.56. The van der Waals surface area contributed by atoms with E-state index in [1.54, 1.807) is 51.1 Å². The van der Waals surface area contributed by atoms with Crippen LogP contribution in [0.2, 0.25) is 0 Å². The summed E-state index contributed by atoms with van der Waals surface area (Å²) in [6.07, 6.45) is -0.105. The number of hydrogen-bond donors (Lipinski definition) is 3. The van der Waals surface area contributed by atoms with Gasteiger partial charge in [0.2, 0.25) is 0 Å². The van der Waals surface area contributed by atoms with E-state index in [4.69, 9.17) is 4.74 Å². The number of aliphatic hydroxyl groups excluding tert-OH is 1. The zero-order valence-corrected chi connectivity index (χ0v) is 17.9. The van der Waals surface area contributed by atoms with Gasteiger partial charge in [0.1, 0.15) is 11.4 Å². The Morgan fingerprint density at radius 1 is 1.10 bits per heavy atom. The fourth-order valence-electron chi connectivity index (χ4n) is 4.24. The number of aliphatic carboxylic acids is 1. The summed E-state index contributed by atoms with van der Waals surface area (Å²) in [4.78, 5) is 24.1. The maximum atomic E-state index is 14.0. The van der Waals surface area contributed by atoms with Gasteiger partial charge >= 0.3 is 12.1 Å². The second kappa shape index (κ2) is 8.30. The van der Waals surface area contributed by atoms with Crippen LogP contribution in [-0.2, 0) is 16.0 Å². The predicted octanol–water partition coefficient (Wildman–Crippen LogP) is 4.16. The van der Waals surface area contributed by atoms with E-state index in [0.29, 0.717) is 12.0 Å². The van der Waals surface area contributed by atoms with Crippen LogP contribution in [0.1, 0.15) is 39.2 Å². The molecule has 0 aromatic heterocycles. The first kappa shape index (κ1) is 22.7. The zero-order chi connectivity index (χ0) is 22.9. The van der Waals surface area contributed by atoms with E-state index < -0.39 is 35.2 Å². The van der Waals surface area contributed by atoms with Crippen molar-refractivity contribution in [2.75, 3.05) is 6.61 Å². The highest BCUT2D eigenvalue weighted by atomic mass is 19.1. The molecule has 31 heavy (non-hydrogen) atoms. The van der Waals surface area contributed by atoms with E-state index in [0.717, 1.165) is 11.1 Å². The summed E-state index contributed by atoms with van der Waals surface area (Å²) in [5.41, 5.74) is -0.778. The first-order valence-electron chi connectivity index (χ1n) is 10.2. The number of ether oxygens (including phenoxy) is 1. The van der Waals surface area contributed by atoms with Crippen molar-refractivity contribution in [1.82, 2.24) is 5.32 Å². The van der Waals surface area contributed by atoms with Gasteiger partial charge in [-0.1, -0.05) is 42.5 Å². The first-order valence-corrected chi connectivity index (χ1v) is 10.2. The highest BCUT2D eigenvalue weighted by Gasteiger charge is 2.59. The SMILES string of the molecule is CC(C)(C)OC(=O)NC1(Cc2ccc(-c3ccccc3F)cc2)CC(CO)(C(=O)O)C1. The summed E-state index contributed by atoms with van der Waals surface area (Å²) in [5, 5.41) is 22.0. The number of carboxylic acids is 1. The Kier molecular flexibility index (Phi) is 6.09. The number of alkyl carbamates (subject to hydrolysis) is 1. The lowest BCUT2D eigenvalue weighted by Crippen LogP contribution is -2.67. The summed E-state index contributed by atoms with van der Waals surface area (Å²) < 4.78 is 19.4. The third-order valence-electron chi connectivity index (χ3n) is 5.56. The van der Waals surface area contributed by atoms with Gasteiger partial charge < -0.3 is 20.3 Å². The van der Waals surface area contributed by atoms with Crippen LogP contribution in [0.3, 0.4) is 0 Å². The Balaban J connectivity index is 1.81. The molecule has 0 bridgehead atoms. The van der Waals surface area contributed by atoms with Crippen molar-refractivity contribution in [2.24, 2.45) is 5.41 Å². The minimum Gasteiger partial charge on any atom is -0.481 e. The molecule has 166 valence electrons. The number of rotatable bonds is 6. The predicted molar refractivity (Wildman–Crippen MR) is 114 cm³/mol. The van der Waals surface area contributed by atoms with Crippen molar-refractivity contribution in [2.45, 2.75) is 51.2 Å². The van der Waals surface area contributed by atoms with Crippen LogP contribution in [0.5, 0.6) is 0 Å². The van der Waals surface area contributed by atoms with E-state index in [9.17, 15) is 24.2 Å². The lowest BCUT2D eigenvalue weighted by atomic mass is 9.55. The fourth-order valence-corrected chi connectivity index (χ4v) is 4.24. The van der Waals surface area contributed by atoms with Crippen LogP contribution < -0.4 is 5.32 Å². The van der Waals surface area contributed by atoms with Gasteiger partial charge in [0.05, 0.1) is 12.0 Å². The third kappa shape index (κ3) is 5.05. The molecular formula is C24H28FNO5. The molecule has 3 rings (SSSR count). The summed E-state index contributed by atoms with van der Waals surface area (Å²) in [6.45, 7) is 4.73. The van der Waals surface area contributed by atoms with E-state index >= 15 is 0 Å². The summed E-state index contributed by atoms with van der Waals surface area (Å²) >= 11 is 0. The molecule has 0 aliphatic heterocycles. The van der Waals surface area contributed by atoms with E-state index in [1.165, 1.54) is 6.07 Å². The minimum atomic E-state index is -1.29. The number of halogens is 1. The molecule has 2 aromatic carbocycles. The molecule has 1 aliphatic rings. The van der Waals surface area contributed by atoms with Gasteiger partial charge in [0, 0.05) is 11.1 Å². The van der Waals surface area contributed by atoms with Crippen LogP contribution in [-0.4, -0.2) is 40.0 Å². The van der Waals surface area contributed by atoms with Gasteiger partial charge in [-0.2, -0.15) is 0 Å². The van der Waals surface area contributed by atoms with Gasteiger partial charge in [0.25, 0.3) is 0 Å². The van der Waals surface area contributed by atoms with Crippen molar-refractivity contribution in [3.8, 4) is 11.1 Å². The minimum absolute atomic E-state index is 0.0835. The molecule has 3 N–H and O–H groups in total. The maximum absolute atomic E-state index is 14.0. The molecule has 6 nitrogen and oxygen atoms in total. The topological polar surface area (TPSA) is 95.9 Å². The van der Waals surface area contributed by atoms with E-state index in [1.807, 2.05) is 12.1 Å². The zero-order valence-electron chi connectivity index (χ0n) is 17.9. The average Bonchev–Trinajstić information content (AvgIpc) is 2.64. The maximum Gasteiger partial charge on any atom is 0.408 e. The second-order valence-corrected chi connectivity index (χ2v) is 9.36. The number of carbonyl (C=O) groups excluding carboxylic acids is 1. The standard InChI is InChI=1S/C24H28FNO5/c1-22(2,3)31-21(30)26-24(13-23(14-24,15-27)20(28)29)12-16-8-10-17(11-9-16)18-6-4-5-7-19(18)25/h4-11,27H,12-15H2,1-3H3,(H,26,30)(H,28,29). The van der Waals surface area contributed by atoms with Crippen molar-refractivity contribution in [1.29, 1.82) is 0 Å². The molecule has 2 aromatic rings. The Labute approximate surface area is 181 Å². The Morgan fingerprint density at radius 2 is 1.71 bits per heavy atom. The largest absolute Gasteiger partial charge is 0.481 e. The van der Waals surface area contributed by atoms with Gasteiger partial charge in [-0.25, -0.2) is 9.18 Å². The number of carbonyl (C=O) groups is 2. The summed E-state index contributed by atoms with van der Waals surface area (Å²) in [6, 6.07) is 13.8. The number of benzene rings is 2. The smallest absolute Gasteiger partial charge is 0.408 e. The summed E-state index contributed by atoms with van der Waals surface area (Å²) in [7, 11) is 0. The fraction of sp³-hybridized carbons (Fsp3) is 0.417. The number of amides is 1. The molecular weight excluding hydrogens is 401 g/mol. The normalized spacial score (nSPS) is 23.0. The molecule has 1 fully saturated rings. The van der Waals surface area contributed by atoms with Gasteiger partial charge in [-0.3, -0.25) is 4.79 Å². The highest BCUT2D eigenvalue weighted by molar-refractivity contribution is 5.78. The Hall–Kier alpha value is -2.93. The Bertz CT molecular complexity index is 959. The number of aliphatic hydroxyl groups is 1. The lowest BCUT2D eigenvalue weighted by Gasteiger charge is -2.53. The van der Waals surface area contributed by atoms with Crippen molar-refractivity contribution >= 4 is 12.1 Å². The van der Waals surface area contributed by atoms with Crippen LogP contribution in [0.4, 0.5) is 9.18 Å². The molecule has 0 heterocycles. The lowest BCUT2D eigenvalue weighted by molar-refractivity contribution is -0.166. The van der Waals surface area contributed by atoms with Crippen LogP contribution in [0.25, 0.3) is 11.1 Å². The van der Waals surface area contributed by atoms with Crippen LogP contribution >= 0.6 is 0 Å². The second-order valence-electron chi connectivity index (χ2n) is 9.36. The molecule has 0 spiro atoms. The van der Waals surface area contributed by atoms with E-state index in [-0.39, 0.29) is 18.7 Å². The van der Waals surface area contributed by atoms with Crippen molar-refractivity contribution in [3.63, 3.8) is 0 Å². The van der Waals surface area contributed by atoms with Gasteiger partial charge in [0.15, 0.2) is 0 Å². The van der Waals surface area contributed by atoms with Crippen LogP contribution in [0.15, 0.2) is 48.5 Å². The first-order chi connectivity index (χ1) is 14.5. The monoisotopic (exact) mass is 429 g/mol. The molecule has 7 heteroatoms. The number of nitrogens with one attached hydrogen (secondary N) is 1. The summed E-state index contributed by atoms with van der Waals surface area (Å²) in [5.74, 6) is -1.40.